The number of hydrogen-bond acceptors (Lipinski definition) is 3. The Bertz CT molecular complexity index is 442. The fraction of sp³-hybridized carbons (Fsp3) is 0.455. The third kappa shape index (κ3) is 2.52. The molecule has 0 aliphatic carbocycles. The lowest BCUT2D eigenvalue weighted by atomic mass is 9.98. The summed E-state index contributed by atoms with van der Waals surface area (Å²) in [6, 6.07) is 1.58. The van der Waals surface area contributed by atoms with Crippen LogP contribution in [-0.4, -0.2) is 35.0 Å². The van der Waals surface area contributed by atoms with Gasteiger partial charge in [0.25, 0.3) is 5.91 Å². The van der Waals surface area contributed by atoms with Crippen LogP contribution in [0.2, 0.25) is 0 Å². The molecular weight excluding hydrogens is 290 g/mol. The molecule has 0 radical (unpaired) electrons. The Hall–Kier alpha value is -1.30. The molecule has 0 unspecified atom stereocenters. The second-order valence-electron chi connectivity index (χ2n) is 4.04. The largest absolute Gasteiger partial charge is 0.481 e. The molecule has 1 aliphatic heterocycles. The first kappa shape index (κ1) is 12.2. The second kappa shape index (κ2) is 4.91. The van der Waals surface area contributed by atoms with Gasteiger partial charge in [-0.3, -0.25) is 9.59 Å². The van der Waals surface area contributed by atoms with E-state index < -0.39 is 11.9 Å². The number of carboxylic acids is 1. The summed E-state index contributed by atoms with van der Waals surface area (Å²) in [5, 5.41) is 8.96. The van der Waals surface area contributed by atoms with Crippen molar-refractivity contribution in [3.8, 4) is 0 Å². The number of nitrogens with zero attached hydrogens (tertiary/aromatic N) is 1. The lowest BCUT2D eigenvalue weighted by molar-refractivity contribution is -0.143. The fourth-order valence-electron chi connectivity index (χ4n) is 1.98. The number of likely N-dealkylation sites (tertiary alicyclic amines) is 1. The molecule has 1 N–H and O–H groups in total. The first-order valence-corrected chi connectivity index (χ1v) is 6.14. The molecule has 2 rings (SSSR count). The van der Waals surface area contributed by atoms with Gasteiger partial charge < -0.3 is 14.4 Å². The highest BCUT2D eigenvalue weighted by molar-refractivity contribution is 9.10. The molecule has 1 aromatic rings. The molecule has 92 valence electrons. The molecule has 0 spiro atoms. The smallest absolute Gasteiger partial charge is 0.308 e. The number of aliphatic carboxylic acids is 1. The van der Waals surface area contributed by atoms with Crippen LogP contribution in [0.5, 0.6) is 0 Å². The minimum absolute atomic E-state index is 0.184. The van der Waals surface area contributed by atoms with Gasteiger partial charge in [-0.2, -0.15) is 0 Å². The van der Waals surface area contributed by atoms with Gasteiger partial charge in [0.15, 0.2) is 4.67 Å². The molecule has 2 heterocycles. The number of halogens is 1. The maximum atomic E-state index is 12.1. The van der Waals surface area contributed by atoms with Crippen molar-refractivity contribution in [2.45, 2.75) is 12.8 Å². The molecule has 1 fully saturated rings. The van der Waals surface area contributed by atoms with Crippen LogP contribution >= 0.6 is 15.9 Å². The average Bonchev–Trinajstić information content (AvgIpc) is 2.74. The summed E-state index contributed by atoms with van der Waals surface area (Å²) in [5.41, 5.74) is 0.441. The number of carbonyl (C=O) groups is 2. The lowest BCUT2D eigenvalue weighted by Gasteiger charge is -2.30. The van der Waals surface area contributed by atoms with E-state index in [1.165, 1.54) is 6.26 Å². The van der Waals surface area contributed by atoms with Gasteiger partial charge in [0, 0.05) is 13.1 Å². The minimum Gasteiger partial charge on any atom is -0.481 e. The molecule has 1 amide bonds. The third-order valence-electron chi connectivity index (χ3n) is 2.91. The van der Waals surface area contributed by atoms with E-state index in [9.17, 15) is 9.59 Å². The van der Waals surface area contributed by atoms with Crippen LogP contribution < -0.4 is 0 Å². The van der Waals surface area contributed by atoms with E-state index in [4.69, 9.17) is 9.52 Å². The summed E-state index contributed by atoms with van der Waals surface area (Å²) in [6.07, 6.45) is 2.78. The van der Waals surface area contributed by atoms with E-state index in [2.05, 4.69) is 15.9 Å². The second-order valence-corrected chi connectivity index (χ2v) is 4.76. The van der Waals surface area contributed by atoms with E-state index in [1.807, 2.05) is 0 Å². The van der Waals surface area contributed by atoms with Gasteiger partial charge >= 0.3 is 5.97 Å². The molecular formula is C11H12BrNO4. The zero-order chi connectivity index (χ0) is 12.4. The summed E-state index contributed by atoms with van der Waals surface area (Å²) in [6.45, 7) is 0.867. The standard InChI is InChI=1S/C11H12BrNO4/c12-9-8(3-5-17-9)10(14)13-4-1-2-7(6-13)11(15)16/h3,5,7H,1-2,4,6H2,(H,15,16)/t7-/m1/s1. The van der Waals surface area contributed by atoms with Crippen molar-refractivity contribution in [2.75, 3.05) is 13.1 Å². The van der Waals surface area contributed by atoms with Crippen molar-refractivity contribution in [2.24, 2.45) is 5.92 Å². The van der Waals surface area contributed by atoms with Gasteiger partial charge in [-0.1, -0.05) is 0 Å². The van der Waals surface area contributed by atoms with Gasteiger partial charge in [0.1, 0.15) is 0 Å². The number of carboxylic acid groups (broad SMARTS) is 1. The number of amides is 1. The summed E-state index contributed by atoms with van der Waals surface area (Å²) < 4.78 is 5.39. The van der Waals surface area contributed by atoms with Gasteiger partial charge in [0.05, 0.1) is 17.7 Å². The predicted octanol–water partition coefficient (Wildman–Crippen LogP) is 1.98. The highest BCUT2D eigenvalue weighted by atomic mass is 79.9. The zero-order valence-corrected chi connectivity index (χ0v) is 10.6. The fourth-order valence-corrected chi connectivity index (χ4v) is 2.39. The van der Waals surface area contributed by atoms with Crippen LogP contribution in [0.15, 0.2) is 21.4 Å². The highest BCUT2D eigenvalue weighted by Crippen LogP contribution is 2.23. The highest BCUT2D eigenvalue weighted by Gasteiger charge is 2.29. The summed E-state index contributed by atoms with van der Waals surface area (Å²) >= 11 is 3.15. The average molecular weight is 302 g/mol. The Morgan fingerprint density at radius 2 is 2.29 bits per heavy atom. The molecule has 1 atom stereocenters. The molecule has 0 bridgehead atoms. The van der Waals surface area contributed by atoms with Crippen LogP contribution in [-0.2, 0) is 4.79 Å². The monoisotopic (exact) mass is 301 g/mol. The van der Waals surface area contributed by atoms with Gasteiger partial charge in [-0.15, -0.1) is 0 Å². The zero-order valence-electron chi connectivity index (χ0n) is 9.06. The molecule has 5 nitrogen and oxygen atoms in total. The maximum Gasteiger partial charge on any atom is 0.308 e. The van der Waals surface area contributed by atoms with Crippen LogP contribution in [0.3, 0.4) is 0 Å². The summed E-state index contributed by atoms with van der Waals surface area (Å²) in [4.78, 5) is 24.6. The number of hydrogen-bond donors (Lipinski definition) is 1. The van der Waals surface area contributed by atoms with E-state index in [0.29, 0.717) is 23.2 Å². The van der Waals surface area contributed by atoms with Crippen molar-refractivity contribution in [1.29, 1.82) is 0 Å². The quantitative estimate of drug-likeness (QED) is 0.907. The van der Waals surface area contributed by atoms with Crippen molar-refractivity contribution < 1.29 is 19.1 Å². The SMILES string of the molecule is O=C(O)[C@@H]1CCCN(C(=O)c2ccoc2Br)C1. The topological polar surface area (TPSA) is 70.8 Å². The normalized spacial score (nSPS) is 20.3. The van der Waals surface area contributed by atoms with Crippen molar-refractivity contribution >= 4 is 27.8 Å². The Kier molecular flexibility index (Phi) is 3.51. The molecule has 0 aromatic carbocycles. The van der Waals surface area contributed by atoms with Crippen molar-refractivity contribution in [3.05, 3.63) is 22.6 Å². The predicted molar refractivity (Wildman–Crippen MR) is 62.7 cm³/mol. The Labute approximate surface area is 107 Å². The summed E-state index contributed by atoms with van der Waals surface area (Å²) in [7, 11) is 0. The van der Waals surface area contributed by atoms with E-state index in [-0.39, 0.29) is 12.5 Å². The van der Waals surface area contributed by atoms with Crippen LogP contribution in [0.1, 0.15) is 23.2 Å². The maximum absolute atomic E-state index is 12.1. The first-order chi connectivity index (χ1) is 8.09. The Balaban J connectivity index is 2.10. The van der Waals surface area contributed by atoms with E-state index in [0.717, 1.165) is 6.42 Å². The van der Waals surface area contributed by atoms with Gasteiger partial charge in [-0.25, -0.2) is 0 Å². The van der Waals surface area contributed by atoms with E-state index in [1.54, 1.807) is 11.0 Å². The van der Waals surface area contributed by atoms with Gasteiger partial charge in [0.2, 0.25) is 0 Å². The molecule has 1 saturated heterocycles. The summed E-state index contributed by atoms with van der Waals surface area (Å²) in [5.74, 6) is -1.48. The molecule has 1 aliphatic rings. The number of furan rings is 1. The molecule has 0 saturated carbocycles. The number of carbonyl (C=O) groups excluding carboxylic acids is 1. The molecule has 6 heteroatoms. The minimum atomic E-state index is -0.839. The van der Waals surface area contributed by atoms with E-state index >= 15 is 0 Å². The van der Waals surface area contributed by atoms with Crippen molar-refractivity contribution in [3.63, 3.8) is 0 Å². The number of piperidine rings is 1. The van der Waals surface area contributed by atoms with Crippen LogP contribution in [0.25, 0.3) is 0 Å². The van der Waals surface area contributed by atoms with Gasteiger partial charge in [-0.05, 0) is 34.8 Å². The third-order valence-corrected chi connectivity index (χ3v) is 3.52. The Morgan fingerprint density at radius 3 is 2.88 bits per heavy atom. The number of rotatable bonds is 2. The molecule has 17 heavy (non-hydrogen) atoms. The Morgan fingerprint density at radius 1 is 1.53 bits per heavy atom. The molecule has 1 aromatic heterocycles. The van der Waals surface area contributed by atoms with Crippen LogP contribution in [0, 0.1) is 5.92 Å². The lowest BCUT2D eigenvalue weighted by Crippen LogP contribution is -2.42. The first-order valence-electron chi connectivity index (χ1n) is 5.34. The van der Waals surface area contributed by atoms with Crippen LogP contribution in [0.4, 0.5) is 0 Å². The van der Waals surface area contributed by atoms with Crippen molar-refractivity contribution in [1.82, 2.24) is 4.90 Å².